The summed E-state index contributed by atoms with van der Waals surface area (Å²) in [7, 11) is 0. The van der Waals surface area contributed by atoms with Crippen LogP contribution < -0.4 is 10.6 Å². The fourth-order valence-corrected chi connectivity index (χ4v) is 3.39. The summed E-state index contributed by atoms with van der Waals surface area (Å²) >= 11 is 1.48. The van der Waals surface area contributed by atoms with Gasteiger partial charge < -0.3 is 25.6 Å². The molecule has 0 fully saturated rings. The van der Waals surface area contributed by atoms with Crippen molar-refractivity contribution >= 4 is 29.7 Å². The Balaban J connectivity index is 3.12. The van der Waals surface area contributed by atoms with E-state index >= 15 is 0 Å². The fourth-order valence-electron chi connectivity index (χ4n) is 2.92. The molecule has 168 valence electrons. The van der Waals surface area contributed by atoms with Crippen LogP contribution >= 0.6 is 11.8 Å². The van der Waals surface area contributed by atoms with Crippen LogP contribution in [0.25, 0.3) is 0 Å². The number of hydrogen-bond acceptors (Lipinski definition) is 6. The van der Waals surface area contributed by atoms with Crippen molar-refractivity contribution in [3.05, 3.63) is 28.8 Å². The minimum atomic E-state index is -1.13. The molecule has 0 aromatic heterocycles. The Hall–Kier alpha value is -2.42. The Bertz CT molecular complexity index is 752. The lowest BCUT2D eigenvalue weighted by Gasteiger charge is -2.25. The number of hydrogen-bond donors (Lipinski definition) is 4. The van der Waals surface area contributed by atoms with Gasteiger partial charge in [0.15, 0.2) is 0 Å². The first-order valence-corrected chi connectivity index (χ1v) is 11.0. The number of amides is 2. The molecule has 0 radical (unpaired) electrons. The average molecular weight is 441 g/mol. The summed E-state index contributed by atoms with van der Waals surface area (Å²) in [5.41, 5.74) is 1.54. The van der Waals surface area contributed by atoms with E-state index in [-0.39, 0.29) is 18.6 Å². The molecule has 0 aliphatic heterocycles. The highest BCUT2D eigenvalue weighted by molar-refractivity contribution is 7.98. The molecular weight excluding hydrogens is 408 g/mol. The van der Waals surface area contributed by atoms with E-state index in [0.29, 0.717) is 5.75 Å². The van der Waals surface area contributed by atoms with Crippen molar-refractivity contribution in [3.8, 4) is 5.75 Å². The van der Waals surface area contributed by atoms with Gasteiger partial charge in [-0.05, 0) is 81.9 Å². The zero-order valence-corrected chi connectivity index (χ0v) is 19.2. The van der Waals surface area contributed by atoms with Crippen molar-refractivity contribution in [2.45, 2.75) is 65.1 Å². The molecule has 2 atom stereocenters. The minimum absolute atomic E-state index is 0.109. The Morgan fingerprint density at radius 3 is 2.13 bits per heavy atom. The standard InChI is InChI=1S/C21H32N2O6S/c1-12-9-14(24)10-13(2)15(12)11-17(23-20(28)29-21(3,4)5)18(25)22-16(19(26)27)7-8-30-6/h9-10,16-17,24H,7-8,11H2,1-6H3,(H,22,25)(H,23,28)(H,26,27)/t16-,17+/m1/s1. The van der Waals surface area contributed by atoms with Gasteiger partial charge in [-0.15, -0.1) is 0 Å². The maximum Gasteiger partial charge on any atom is 0.408 e. The number of carbonyl (C=O) groups excluding carboxylic acids is 2. The number of carboxylic acids is 1. The van der Waals surface area contributed by atoms with Crippen LogP contribution in [0.4, 0.5) is 4.79 Å². The predicted molar refractivity (Wildman–Crippen MR) is 117 cm³/mol. The Morgan fingerprint density at radius 2 is 1.67 bits per heavy atom. The number of aryl methyl sites for hydroxylation is 2. The molecule has 1 aromatic carbocycles. The summed E-state index contributed by atoms with van der Waals surface area (Å²) in [5.74, 6) is -1.07. The third kappa shape index (κ3) is 8.52. The molecule has 8 nitrogen and oxygen atoms in total. The van der Waals surface area contributed by atoms with Gasteiger partial charge in [-0.3, -0.25) is 4.79 Å². The van der Waals surface area contributed by atoms with Crippen LogP contribution in [0.2, 0.25) is 0 Å². The van der Waals surface area contributed by atoms with Gasteiger partial charge in [0, 0.05) is 6.42 Å². The molecule has 0 aliphatic carbocycles. The van der Waals surface area contributed by atoms with Crippen molar-refractivity contribution in [1.82, 2.24) is 10.6 Å². The van der Waals surface area contributed by atoms with E-state index < -0.39 is 35.7 Å². The van der Waals surface area contributed by atoms with Gasteiger partial charge in [-0.25, -0.2) is 9.59 Å². The largest absolute Gasteiger partial charge is 0.508 e. The van der Waals surface area contributed by atoms with Crippen LogP contribution in [-0.2, 0) is 20.7 Å². The van der Waals surface area contributed by atoms with Crippen LogP contribution in [0.5, 0.6) is 5.75 Å². The van der Waals surface area contributed by atoms with Crippen LogP contribution in [0.1, 0.15) is 43.9 Å². The van der Waals surface area contributed by atoms with Crippen molar-refractivity contribution in [3.63, 3.8) is 0 Å². The van der Waals surface area contributed by atoms with Crippen LogP contribution in [0, 0.1) is 13.8 Å². The Kier molecular flexibility index (Phi) is 9.48. The Labute approximate surface area is 181 Å². The highest BCUT2D eigenvalue weighted by atomic mass is 32.2. The van der Waals surface area contributed by atoms with Gasteiger partial charge in [0.1, 0.15) is 23.4 Å². The second-order valence-corrected chi connectivity index (χ2v) is 9.13. The molecule has 30 heavy (non-hydrogen) atoms. The van der Waals surface area contributed by atoms with Crippen LogP contribution in [0.15, 0.2) is 12.1 Å². The first-order chi connectivity index (χ1) is 13.8. The van der Waals surface area contributed by atoms with Gasteiger partial charge in [0.2, 0.25) is 5.91 Å². The Morgan fingerprint density at radius 1 is 1.10 bits per heavy atom. The molecule has 0 saturated carbocycles. The lowest BCUT2D eigenvalue weighted by molar-refractivity contribution is -0.142. The van der Waals surface area contributed by atoms with Gasteiger partial charge >= 0.3 is 12.1 Å². The van der Waals surface area contributed by atoms with Crippen molar-refractivity contribution in [1.29, 1.82) is 0 Å². The maximum absolute atomic E-state index is 12.9. The van der Waals surface area contributed by atoms with E-state index in [1.54, 1.807) is 46.8 Å². The monoisotopic (exact) mass is 440 g/mol. The van der Waals surface area contributed by atoms with E-state index in [1.165, 1.54) is 11.8 Å². The summed E-state index contributed by atoms with van der Waals surface area (Å²) in [6, 6.07) is 1.04. The molecule has 0 heterocycles. The number of ether oxygens (including phenoxy) is 1. The zero-order chi connectivity index (χ0) is 23.1. The number of thioether (sulfide) groups is 1. The number of aliphatic carboxylic acids is 1. The van der Waals surface area contributed by atoms with Crippen LogP contribution in [-0.4, -0.2) is 57.9 Å². The number of phenolic OH excluding ortho intramolecular Hbond substituents is 1. The van der Waals surface area contributed by atoms with Crippen LogP contribution in [0.3, 0.4) is 0 Å². The highest BCUT2D eigenvalue weighted by Gasteiger charge is 2.29. The molecule has 1 rings (SSSR count). The average Bonchev–Trinajstić information content (AvgIpc) is 2.58. The molecule has 9 heteroatoms. The molecular formula is C21H32N2O6S. The molecule has 0 aliphatic rings. The lowest BCUT2D eigenvalue weighted by atomic mass is 9.95. The molecule has 0 bridgehead atoms. The number of alkyl carbamates (subject to hydrolysis) is 1. The number of rotatable bonds is 9. The molecule has 2 amide bonds. The molecule has 0 spiro atoms. The van der Waals surface area contributed by atoms with Gasteiger partial charge in [0.05, 0.1) is 0 Å². The quantitative estimate of drug-likeness (QED) is 0.465. The summed E-state index contributed by atoms with van der Waals surface area (Å²) in [6.07, 6.45) is 1.47. The number of phenols is 1. The van der Waals surface area contributed by atoms with E-state index in [4.69, 9.17) is 4.74 Å². The topological polar surface area (TPSA) is 125 Å². The predicted octanol–water partition coefficient (Wildman–Crippen LogP) is 2.77. The molecule has 4 N–H and O–H groups in total. The van der Waals surface area contributed by atoms with Crippen molar-refractivity contribution < 1.29 is 29.3 Å². The number of nitrogens with one attached hydrogen (secondary N) is 2. The zero-order valence-electron chi connectivity index (χ0n) is 18.4. The normalized spacial score (nSPS) is 13.3. The lowest BCUT2D eigenvalue weighted by Crippen LogP contribution is -2.53. The van der Waals surface area contributed by atoms with E-state index in [9.17, 15) is 24.6 Å². The fraction of sp³-hybridized carbons (Fsp3) is 0.571. The second kappa shape index (κ2) is 11.1. The summed E-state index contributed by atoms with van der Waals surface area (Å²) in [4.78, 5) is 36.7. The van der Waals surface area contributed by atoms with Gasteiger partial charge in [-0.2, -0.15) is 11.8 Å². The van der Waals surface area contributed by atoms with Gasteiger partial charge in [0.25, 0.3) is 0 Å². The number of carbonyl (C=O) groups is 3. The minimum Gasteiger partial charge on any atom is -0.508 e. The van der Waals surface area contributed by atoms with E-state index in [1.807, 2.05) is 6.26 Å². The van der Waals surface area contributed by atoms with E-state index in [2.05, 4.69) is 10.6 Å². The first-order valence-electron chi connectivity index (χ1n) is 9.64. The number of benzene rings is 1. The van der Waals surface area contributed by atoms with Crippen molar-refractivity contribution in [2.24, 2.45) is 0 Å². The first kappa shape index (κ1) is 25.6. The smallest absolute Gasteiger partial charge is 0.408 e. The maximum atomic E-state index is 12.9. The third-order valence-electron chi connectivity index (χ3n) is 4.32. The third-order valence-corrected chi connectivity index (χ3v) is 4.97. The van der Waals surface area contributed by atoms with Gasteiger partial charge in [-0.1, -0.05) is 0 Å². The molecule has 0 unspecified atom stereocenters. The molecule has 0 saturated heterocycles. The molecule has 1 aromatic rings. The summed E-state index contributed by atoms with van der Waals surface area (Å²) in [5, 5.41) is 24.2. The second-order valence-electron chi connectivity index (χ2n) is 8.14. The highest BCUT2D eigenvalue weighted by Crippen LogP contribution is 2.22. The van der Waals surface area contributed by atoms with E-state index in [0.717, 1.165) is 16.7 Å². The van der Waals surface area contributed by atoms with Crippen molar-refractivity contribution in [2.75, 3.05) is 12.0 Å². The summed E-state index contributed by atoms with van der Waals surface area (Å²) < 4.78 is 5.26. The SMILES string of the molecule is CSCC[C@@H](NC(=O)[C@H](Cc1c(C)cc(O)cc1C)NC(=O)OC(C)(C)C)C(=O)O. The number of aromatic hydroxyl groups is 1. The number of carboxylic acid groups (broad SMARTS) is 1. The summed E-state index contributed by atoms with van der Waals surface area (Å²) in [6.45, 7) is 8.71.